The van der Waals surface area contributed by atoms with Crippen LogP contribution < -0.4 is 0 Å². The minimum atomic E-state index is -4.41. The minimum Gasteiger partial charge on any atom is -0.338 e. The molecule has 170 valence electrons. The van der Waals surface area contributed by atoms with Gasteiger partial charge in [-0.25, -0.2) is 13.4 Å². The van der Waals surface area contributed by atoms with Crippen molar-refractivity contribution in [2.24, 2.45) is 0 Å². The third-order valence-corrected chi connectivity index (χ3v) is 7.75. The summed E-state index contributed by atoms with van der Waals surface area (Å²) >= 11 is 1.28. The Bertz CT molecular complexity index is 1160. The first kappa shape index (κ1) is 22.7. The highest BCUT2D eigenvalue weighted by molar-refractivity contribution is 7.98. The second-order valence-corrected chi connectivity index (χ2v) is 10.1. The van der Waals surface area contributed by atoms with E-state index in [1.165, 1.54) is 40.5 Å². The Morgan fingerprint density at radius 3 is 2.38 bits per heavy atom. The maximum Gasteiger partial charge on any atom is 0.416 e. The van der Waals surface area contributed by atoms with Gasteiger partial charge < -0.3 is 4.52 Å². The minimum absolute atomic E-state index is 0.158. The Morgan fingerprint density at radius 2 is 1.75 bits per heavy atom. The summed E-state index contributed by atoms with van der Waals surface area (Å²) in [5, 5.41) is 4.38. The van der Waals surface area contributed by atoms with E-state index in [-0.39, 0.29) is 22.4 Å². The van der Waals surface area contributed by atoms with E-state index in [2.05, 4.69) is 15.1 Å². The number of benzene rings is 1. The number of piperidine rings is 1. The van der Waals surface area contributed by atoms with Crippen molar-refractivity contribution < 1.29 is 26.1 Å². The Morgan fingerprint density at radius 1 is 1.03 bits per heavy atom. The summed E-state index contributed by atoms with van der Waals surface area (Å²) in [6.45, 7) is 1.05. The Hall–Kier alpha value is -2.44. The van der Waals surface area contributed by atoms with Crippen LogP contribution in [0, 0.1) is 0 Å². The van der Waals surface area contributed by atoms with Gasteiger partial charge in [-0.1, -0.05) is 35.5 Å². The summed E-state index contributed by atoms with van der Waals surface area (Å²) < 4.78 is 70.0. The number of sulfonamides is 1. The van der Waals surface area contributed by atoms with Crippen LogP contribution in [0.2, 0.25) is 0 Å². The van der Waals surface area contributed by atoms with E-state index in [0.717, 1.165) is 31.4 Å². The zero-order valence-corrected chi connectivity index (χ0v) is 18.4. The maximum atomic E-state index is 12.7. The fraction of sp³-hybridized carbons (Fsp3) is 0.350. The topological polar surface area (TPSA) is 89.2 Å². The molecule has 4 rings (SSSR count). The van der Waals surface area contributed by atoms with E-state index in [0.29, 0.717) is 23.7 Å². The summed E-state index contributed by atoms with van der Waals surface area (Å²) in [6, 6.07) is 7.64. The van der Waals surface area contributed by atoms with Gasteiger partial charge in [-0.15, -0.1) is 0 Å². The zero-order valence-electron chi connectivity index (χ0n) is 16.7. The van der Waals surface area contributed by atoms with Gasteiger partial charge in [0.05, 0.1) is 16.3 Å². The van der Waals surface area contributed by atoms with Gasteiger partial charge in [-0.05, 0) is 37.1 Å². The molecule has 12 heteroatoms. The Kier molecular flexibility index (Phi) is 6.54. The number of thioether (sulfide) groups is 1. The van der Waals surface area contributed by atoms with Crippen molar-refractivity contribution in [2.45, 2.75) is 41.1 Å². The normalized spacial score (nSPS) is 15.7. The quantitative estimate of drug-likeness (QED) is 0.472. The van der Waals surface area contributed by atoms with E-state index in [9.17, 15) is 21.6 Å². The largest absolute Gasteiger partial charge is 0.416 e. The molecular formula is C20H19F3N4O3S2. The number of rotatable bonds is 6. The molecule has 1 aromatic carbocycles. The van der Waals surface area contributed by atoms with Crippen LogP contribution in [-0.4, -0.2) is 40.9 Å². The van der Waals surface area contributed by atoms with Crippen molar-refractivity contribution in [1.29, 1.82) is 0 Å². The van der Waals surface area contributed by atoms with E-state index < -0.39 is 21.8 Å². The van der Waals surface area contributed by atoms with Gasteiger partial charge in [-0.2, -0.15) is 22.5 Å². The second-order valence-electron chi connectivity index (χ2n) is 7.17. The highest BCUT2D eigenvalue weighted by atomic mass is 32.2. The first-order chi connectivity index (χ1) is 15.2. The van der Waals surface area contributed by atoms with Gasteiger partial charge in [0.2, 0.25) is 21.7 Å². The lowest BCUT2D eigenvalue weighted by Crippen LogP contribution is -2.35. The van der Waals surface area contributed by atoms with Crippen molar-refractivity contribution in [3.63, 3.8) is 0 Å². The molecule has 0 saturated carbocycles. The average Bonchev–Trinajstić information content (AvgIpc) is 3.27. The van der Waals surface area contributed by atoms with Crippen LogP contribution in [0.25, 0.3) is 11.4 Å². The van der Waals surface area contributed by atoms with Crippen LogP contribution in [-0.2, 0) is 22.0 Å². The summed E-state index contributed by atoms with van der Waals surface area (Å²) in [7, 11) is -3.54. The van der Waals surface area contributed by atoms with Gasteiger partial charge in [0, 0.05) is 24.8 Å². The molecule has 1 fully saturated rings. The first-order valence-corrected chi connectivity index (χ1v) is 12.3. The summed E-state index contributed by atoms with van der Waals surface area (Å²) in [5.74, 6) is 0.737. The molecule has 0 aliphatic carbocycles. The van der Waals surface area contributed by atoms with E-state index in [4.69, 9.17) is 4.52 Å². The smallest absolute Gasteiger partial charge is 0.338 e. The molecule has 1 saturated heterocycles. The number of hydrogen-bond acceptors (Lipinski definition) is 7. The van der Waals surface area contributed by atoms with Crippen LogP contribution in [0.4, 0.5) is 13.2 Å². The lowest BCUT2D eigenvalue weighted by molar-refractivity contribution is -0.137. The summed E-state index contributed by atoms with van der Waals surface area (Å²) in [4.78, 5) is 8.57. The molecule has 32 heavy (non-hydrogen) atoms. The third kappa shape index (κ3) is 5.13. The molecule has 0 amide bonds. The van der Waals surface area contributed by atoms with Crippen molar-refractivity contribution in [3.8, 4) is 11.4 Å². The van der Waals surface area contributed by atoms with Crippen molar-refractivity contribution >= 4 is 21.8 Å². The summed E-state index contributed by atoms with van der Waals surface area (Å²) in [5.41, 5.74) is -0.347. The Labute approximate surface area is 187 Å². The maximum absolute atomic E-state index is 12.7. The van der Waals surface area contributed by atoms with Crippen LogP contribution in [0.1, 0.15) is 30.7 Å². The number of pyridine rings is 1. The van der Waals surface area contributed by atoms with Crippen LogP contribution >= 0.6 is 11.8 Å². The lowest BCUT2D eigenvalue weighted by atomic mass is 10.1. The molecule has 7 nitrogen and oxygen atoms in total. The van der Waals surface area contributed by atoms with Crippen molar-refractivity contribution in [3.05, 3.63) is 54.0 Å². The molecule has 0 unspecified atom stereocenters. The van der Waals surface area contributed by atoms with Crippen LogP contribution in [0.3, 0.4) is 0 Å². The molecule has 3 heterocycles. The number of nitrogens with zero attached hydrogens (tertiary/aromatic N) is 4. The predicted octanol–water partition coefficient (Wildman–Crippen LogP) is 4.62. The van der Waals surface area contributed by atoms with E-state index in [1.54, 1.807) is 6.07 Å². The van der Waals surface area contributed by atoms with E-state index in [1.807, 2.05) is 0 Å². The van der Waals surface area contributed by atoms with Crippen molar-refractivity contribution in [1.82, 2.24) is 19.4 Å². The Balaban J connectivity index is 1.38. The van der Waals surface area contributed by atoms with Crippen LogP contribution in [0.5, 0.6) is 0 Å². The molecule has 0 bridgehead atoms. The third-order valence-electron chi connectivity index (χ3n) is 4.94. The molecule has 1 aliphatic heterocycles. The molecule has 3 aromatic rings. The zero-order chi connectivity index (χ0) is 22.8. The monoisotopic (exact) mass is 484 g/mol. The standard InChI is InChI=1S/C20H19F3N4O3S2/c21-20(22,23)15-6-4-14(5-7-15)19-25-17(30-26-19)13-31-18-9-8-16(12-24-18)32(28,29)27-10-2-1-3-11-27/h4-9,12H,1-3,10-11,13H2. The second kappa shape index (κ2) is 9.20. The van der Waals surface area contributed by atoms with Gasteiger partial charge in [0.1, 0.15) is 4.90 Å². The molecule has 1 aliphatic rings. The molecule has 2 aromatic heterocycles. The average molecular weight is 485 g/mol. The number of hydrogen-bond donors (Lipinski definition) is 0. The number of halogens is 3. The van der Waals surface area contributed by atoms with Gasteiger partial charge >= 0.3 is 6.18 Å². The van der Waals surface area contributed by atoms with Crippen molar-refractivity contribution in [2.75, 3.05) is 13.1 Å². The van der Waals surface area contributed by atoms with Gasteiger partial charge in [0.15, 0.2) is 0 Å². The molecular weight excluding hydrogens is 465 g/mol. The predicted molar refractivity (Wildman–Crippen MR) is 111 cm³/mol. The van der Waals surface area contributed by atoms with Gasteiger partial charge in [-0.3, -0.25) is 0 Å². The summed E-state index contributed by atoms with van der Waals surface area (Å²) in [6.07, 6.45) is -0.310. The highest BCUT2D eigenvalue weighted by Crippen LogP contribution is 2.31. The SMILES string of the molecule is O=S(=O)(c1ccc(SCc2nc(-c3ccc(C(F)(F)F)cc3)no2)nc1)N1CCCCC1. The molecule has 0 spiro atoms. The van der Waals surface area contributed by atoms with Crippen LogP contribution in [0.15, 0.2) is 57.0 Å². The fourth-order valence-electron chi connectivity index (χ4n) is 3.23. The molecule has 0 atom stereocenters. The van der Waals surface area contributed by atoms with E-state index >= 15 is 0 Å². The number of aromatic nitrogens is 3. The first-order valence-electron chi connectivity index (χ1n) is 9.83. The van der Waals surface area contributed by atoms with Gasteiger partial charge in [0.25, 0.3) is 0 Å². The fourth-order valence-corrected chi connectivity index (χ4v) is 5.38. The number of alkyl halides is 3. The lowest BCUT2D eigenvalue weighted by Gasteiger charge is -2.25. The molecule has 0 N–H and O–H groups in total. The highest BCUT2D eigenvalue weighted by Gasteiger charge is 2.30. The molecule has 0 radical (unpaired) electrons.